The van der Waals surface area contributed by atoms with Crippen molar-refractivity contribution in [3.63, 3.8) is 0 Å². The molecule has 0 spiro atoms. The minimum absolute atomic E-state index is 0.311. The highest BCUT2D eigenvalue weighted by Crippen LogP contribution is 2.38. The Kier molecular flexibility index (Phi) is 4.93. The number of hydrogen-bond acceptors (Lipinski definition) is 6. The van der Waals surface area contributed by atoms with E-state index in [-0.39, 0.29) is 0 Å². The first-order chi connectivity index (χ1) is 13.5. The number of cyclic esters (lactones) is 1. The van der Waals surface area contributed by atoms with Gasteiger partial charge in [0.25, 0.3) is 5.91 Å². The Labute approximate surface area is 166 Å². The fourth-order valence-electron chi connectivity index (χ4n) is 3.80. The van der Waals surface area contributed by atoms with E-state index in [0.717, 1.165) is 47.3 Å². The number of aryl methyl sites for hydroxylation is 2. The summed E-state index contributed by atoms with van der Waals surface area (Å²) in [6, 6.07) is 5.54. The van der Waals surface area contributed by atoms with E-state index in [1.807, 2.05) is 19.1 Å². The average molecular weight is 399 g/mol. The van der Waals surface area contributed by atoms with Gasteiger partial charge in [0.1, 0.15) is 5.00 Å². The Morgan fingerprint density at radius 2 is 2.04 bits per heavy atom. The second-order valence-corrected chi connectivity index (χ2v) is 8.26. The molecule has 146 valence electrons. The van der Waals surface area contributed by atoms with Crippen molar-refractivity contribution in [1.29, 1.82) is 0 Å². The predicted octanol–water partition coefficient (Wildman–Crippen LogP) is 3.44. The van der Waals surface area contributed by atoms with Gasteiger partial charge in [-0.2, -0.15) is 0 Å². The Hall–Kier alpha value is -2.67. The number of amides is 1. The lowest BCUT2D eigenvalue weighted by Crippen LogP contribution is -2.38. The van der Waals surface area contributed by atoms with Crippen LogP contribution in [0.4, 0.5) is 5.00 Å². The fraction of sp³-hybridized carbons (Fsp3) is 0.381. The zero-order valence-corrected chi connectivity index (χ0v) is 16.6. The molecule has 4 rings (SSSR count). The Balaban J connectivity index is 1.59. The highest BCUT2D eigenvalue weighted by molar-refractivity contribution is 7.17. The van der Waals surface area contributed by atoms with Crippen LogP contribution in [0.1, 0.15) is 55.1 Å². The van der Waals surface area contributed by atoms with Gasteiger partial charge in [0.05, 0.1) is 18.2 Å². The summed E-state index contributed by atoms with van der Waals surface area (Å²) >= 11 is 1.41. The minimum atomic E-state index is -0.924. The summed E-state index contributed by atoms with van der Waals surface area (Å²) < 4.78 is 10.3. The van der Waals surface area contributed by atoms with Gasteiger partial charge in [-0.25, -0.2) is 9.59 Å². The number of anilines is 1. The summed E-state index contributed by atoms with van der Waals surface area (Å²) in [4.78, 5) is 38.6. The second-order valence-electron chi connectivity index (χ2n) is 7.15. The molecule has 1 aliphatic carbocycles. The van der Waals surface area contributed by atoms with Crippen molar-refractivity contribution >= 4 is 34.2 Å². The van der Waals surface area contributed by atoms with Crippen molar-refractivity contribution < 1.29 is 23.9 Å². The molecule has 0 saturated carbocycles. The molecule has 2 heterocycles. The molecule has 1 aliphatic heterocycles. The molecular formula is C21H21NO5S. The third-order valence-electron chi connectivity index (χ3n) is 5.23. The summed E-state index contributed by atoms with van der Waals surface area (Å²) in [6.45, 7) is 1.90. The van der Waals surface area contributed by atoms with Crippen molar-refractivity contribution in [3.8, 4) is 0 Å². The maximum atomic E-state index is 12.8. The molecule has 1 amide bonds. The number of hydrogen-bond donors (Lipinski definition) is 1. The van der Waals surface area contributed by atoms with E-state index in [1.165, 1.54) is 18.4 Å². The Morgan fingerprint density at radius 1 is 1.25 bits per heavy atom. The average Bonchev–Trinajstić information content (AvgIpc) is 3.05. The van der Waals surface area contributed by atoms with Gasteiger partial charge in [0.15, 0.2) is 6.10 Å². The normalized spacial score (nSPS) is 17.9. The number of carbonyl (C=O) groups excluding carboxylic acids is 3. The lowest BCUT2D eigenvalue weighted by Gasteiger charge is -2.24. The smallest absolute Gasteiger partial charge is 0.341 e. The zero-order chi connectivity index (χ0) is 19.8. The van der Waals surface area contributed by atoms with Gasteiger partial charge in [-0.3, -0.25) is 4.79 Å². The summed E-state index contributed by atoms with van der Waals surface area (Å²) in [5.74, 6) is -1.37. The molecule has 2 aliphatic rings. The van der Waals surface area contributed by atoms with Gasteiger partial charge in [-0.05, 0) is 49.8 Å². The van der Waals surface area contributed by atoms with Crippen LogP contribution in [0.3, 0.4) is 0 Å². The molecule has 0 bridgehead atoms. The van der Waals surface area contributed by atoms with Gasteiger partial charge in [-0.1, -0.05) is 17.7 Å². The largest absolute Gasteiger partial charge is 0.465 e. The summed E-state index contributed by atoms with van der Waals surface area (Å²) in [5, 5.41) is 3.30. The van der Waals surface area contributed by atoms with Gasteiger partial charge in [0, 0.05) is 11.3 Å². The van der Waals surface area contributed by atoms with E-state index in [4.69, 9.17) is 9.47 Å². The zero-order valence-electron chi connectivity index (χ0n) is 15.8. The van der Waals surface area contributed by atoms with Crippen LogP contribution in [-0.2, 0) is 33.5 Å². The van der Waals surface area contributed by atoms with Gasteiger partial charge < -0.3 is 14.8 Å². The molecule has 7 heteroatoms. The van der Waals surface area contributed by atoms with Crippen LogP contribution >= 0.6 is 11.3 Å². The van der Waals surface area contributed by atoms with Crippen LogP contribution in [0.5, 0.6) is 0 Å². The van der Waals surface area contributed by atoms with Crippen LogP contribution < -0.4 is 5.32 Å². The minimum Gasteiger partial charge on any atom is -0.465 e. The Morgan fingerprint density at radius 3 is 2.82 bits per heavy atom. The van der Waals surface area contributed by atoms with Crippen LogP contribution in [-0.4, -0.2) is 31.1 Å². The predicted molar refractivity (Wildman–Crippen MR) is 105 cm³/mol. The van der Waals surface area contributed by atoms with Gasteiger partial charge in [-0.15, -0.1) is 11.3 Å². The molecule has 1 N–H and O–H groups in total. The standard InChI is InChI=1S/C21H21NO5S/c1-11-7-8-12-10-15(27-20(24)14(12)9-11)18(23)22-19-17(21(25)26-2)13-5-3-4-6-16(13)28-19/h7-9,15H,3-6,10H2,1-2H3,(H,22,23)/t15-/m0/s1. The molecular weight excluding hydrogens is 378 g/mol. The van der Waals surface area contributed by atoms with E-state index in [9.17, 15) is 14.4 Å². The molecule has 28 heavy (non-hydrogen) atoms. The summed E-state index contributed by atoms with van der Waals surface area (Å²) in [5.41, 5.74) is 3.67. The third-order valence-corrected chi connectivity index (χ3v) is 6.44. The van der Waals surface area contributed by atoms with E-state index in [2.05, 4.69) is 5.32 Å². The number of fused-ring (bicyclic) bond motifs is 2. The highest BCUT2D eigenvalue weighted by atomic mass is 32.1. The molecule has 0 saturated heterocycles. The SMILES string of the molecule is COC(=O)c1c(NC(=O)[C@@H]2Cc3ccc(C)cc3C(=O)O2)sc2c1CCCC2. The van der Waals surface area contributed by atoms with Crippen molar-refractivity contribution in [3.05, 3.63) is 50.9 Å². The molecule has 6 nitrogen and oxygen atoms in total. The number of esters is 2. The Bertz CT molecular complexity index is 977. The van der Waals surface area contributed by atoms with Crippen molar-refractivity contribution in [2.45, 2.75) is 45.1 Å². The van der Waals surface area contributed by atoms with E-state index < -0.39 is 23.9 Å². The number of ether oxygens (including phenoxy) is 2. The van der Waals surface area contributed by atoms with Gasteiger partial charge >= 0.3 is 11.9 Å². The number of thiophene rings is 1. The van der Waals surface area contributed by atoms with Crippen molar-refractivity contribution in [2.24, 2.45) is 0 Å². The quantitative estimate of drug-likeness (QED) is 0.800. The topological polar surface area (TPSA) is 81.7 Å². The van der Waals surface area contributed by atoms with Crippen LogP contribution in [0, 0.1) is 6.92 Å². The first kappa shape index (κ1) is 18.7. The second kappa shape index (κ2) is 7.39. The third kappa shape index (κ3) is 3.30. The molecule has 0 unspecified atom stereocenters. The molecule has 1 aromatic heterocycles. The summed E-state index contributed by atoms with van der Waals surface area (Å²) in [7, 11) is 1.34. The summed E-state index contributed by atoms with van der Waals surface area (Å²) in [6.07, 6.45) is 3.16. The van der Waals surface area contributed by atoms with E-state index >= 15 is 0 Å². The molecule has 0 fully saturated rings. The number of rotatable bonds is 3. The molecule has 2 aromatic rings. The van der Waals surface area contributed by atoms with Crippen LogP contribution in [0.2, 0.25) is 0 Å². The molecule has 0 radical (unpaired) electrons. The number of methoxy groups -OCH3 is 1. The lowest BCUT2D eigenvalue weighted by molar-refractivity contribution is -0.125. The molecule has 1 atom stereocenters. The number of carbonyl (C=O) groups is 3. The van der Waals surface area contributed by atoms with E-state index in [1.54, 1.807) is 6.07 Å². The first-order valence-corrected chi connectivity index (χ1v) is 10.1. The molecule has 1 aromatic carbocycles. The first-order valence-electron chi connectivity index (χ1n) is 9.32. The number of benzene rings is 1. The van der Waals surface area contributed by atoms with Crippen molar-refractivity contribution in [1.82, 2.24) is 0 Å². The number of nitrogens with one attached hydrogen (secondary N) is 1. The van der Waals surface area contributed by atoms with E-state index in [0.29, 0.717) is 22.5 Å². The lowest BCUT2D eigenvalue weighted by atomic mass is 9.95. The van der Waals surface area contributed by atoms with Crippen LogP contribution in [0.25, 0.3) is 0 Å². The maximum Gasteiger partial charge on any atom is 0.341 e. The fourth-order valence-corrected chi connectivity index (χ4v) is 5.08. The van der Waals surface area contributed by atoms with Gasteiger partial charge in [0.2, 0.25) is 0 Å². The monoisotopic (exact) mass is 399 g/mol. The van der Waals surface area contributed by atoms with Crippen LogP contribution in [0.15, 0.2) is 18.2 Å². The highest BCUT2D eigenvalue weighted by Gasteiger charge is 2.33. The maximum absolute atomic E-state index is 12.8. The van der Waals surface area contributed by atoms with Crippen molar-refractivity contribution in [2.75, 3.05) is 12.4 Å².